The van der Waals surface area contributed by atoms with E-state index in [1.54, 1.807) is 5.57 Å². The molecule has 28 heavy (non-hydrogen) atoms. The highest BCUT2D eigenvalue weighted by molar-refractivity contribution is 14.2. The first kappa shape index (κ1) is 18.1. The minimum atomic E-state index is -0.248. The van der Waals surface area contributed by atoms with E-state index in [-0.39, 0.29) is 22.4 Å². The van der Waals surface area contributed by atoms with Gasteiger partial charge in [0, 0.05) is 35.5 Å². The average molecular weight is 712 g/mol. The van der Waals surface area contributed by atoms with Crippen molar-refractivity contribution in [1.82, 2.24) is 4.90 Å². The highest BCUT2D eigenvalue weighted by Gasteiger charge is 2.82. The Hall–Kier alpha value is 0.540. The van der Waals surface area contributed by atoms with Crippen molar-refractivity contribution in [2.24, 2.45) is 11.8 Å². The van der Waals surface area contributed by atoms with Gasteiger partial charge in [-0.3, -0.25) is 14.6 Å². The number of hydrogen-bond acceptors (Lipinski definition) is 3. The minimum Gasteiger partial charge on any atom is -0.373 e. The number of piperidine rings is 2. The van der Waals surface area contributed by atoms with Gasteiger partial charge in [0.2, 0.25) is 5.91 Å². The molecule has 0 aromatic heterocycles. The zero-order valence-corrected chi connectivity index (χ0v) is 21.5. The van der Waals surface area contributed by atoms with Gasteiger partial charge in [0.15, 0.2) is 0 Å². The summed E-state index contributed by atoms with van der Waals surface area (Å²) in [7, 11) is 0. The van der Waals surface area contributed by atoms with Crippen molar-refractivity contribution < 1.29 is 9.53 Å². The Kier molecular flexibility index (Phi) is 3.55. The van der Waals surface area contributed by atoms with E-state index < -0.39 is 0 Å². The number of amides is 1. The summed E-state index contributed by atoms with van der Waals surface area (Å²) in [5.41, 5.74) is 4.08. The molecule has 0 N–H and O–H groups in total. The molecule has 3 saturated heterocycles. The fourth-order valence-corrected chi connectivity index (χ4v) is 13.2. The lowest BCUT2D eigenvalue weighted by Gasteiger charge is -2.67. The molecule has 1 aromatic carbocycles. The maximum atomic E-state index is 13.5. The maximum absolute atomic E-state index is 13.5. The first-order valence-corrected chi connectivity index (χ1v) is 13.2. The van der Waals surface area contributed by atoms with Gasteiger partial charge in [-0.25, -0.2) is 0 Å². The average Bonchev–Trinajstić information content (AvgIpc) is 3.07. The lowest BCUT2D eigenvalue weighted by molar-refractivity contribution is -0.133. The van der Waals surface area contributed by atoms with Crippen molar-refractivity contribution in [3.05, 3.63) is 41.5 Å². The summed E-state index contributed by atoms with van der Waals surface area (Å²) in [5.74, 6) is 1.03. The van der Waals surface area contributed by atoms with Crippen molar-refractivity contribution >= 4 is 79.4 Å². The van der Waals surface area contributed by atoms with Gasteiger partial charge in [0.05, 0.1) is 20.6 Å². The van der Waals surface area contributed by atoms with Gasteiger partial charge in [-0.15, -0.1) is 0 Å². The second-order valence-corrected chi connectivity index (χ2v) is 16.3. The van der Waals surface area contributed by atoms with Crippen LogP contribution >= 0.6 is 67.8 Å². The molecule has 146 valence electrons. The topological polar surface area (TPSA) is 32.8 Å². The van der Waals surface area contributed by atoms with Crippen LogP contribution in [0.15, 0.2) is 35.9 Å². The summed E-state index contributed by atoms with van der Waals surface area (Å²) in [6, 6.07) is 9.20. The molecule has 1 amide bonds. The van der Waals surface area contributed by atoms with Crippen LogP contribution in [0.3, 0.4) is 0 Å². The number of ether oxygens (including phenoxy) is 1. The summed E-state index contributed by atoms with van der Waals surface area (Å²) in [6.45, 7) is 2.83. The SMILES string of the molecule is O=C1CC2OCC=C3CN4CC[C@]56c7ccccc7N1C5(I)[C@@H]2[C@H]3C(I)(I)[C@@H]46. The number of carbonyl (C=O) groups excluding carboxylic acids is 1. The van der Waals surface area contributed by atoms with Crippen molar-refractivity contribution in [1.29, 1.82) is 0 Å². The molecule has 2 bridgehead atoms. The number of benzene rings is 1. The van der Waals surface area contributed by atoms with E-state index in [4.69, 9.17) is 4.74 Å². The molecule has 6 atom stereocenters. The quantitative estimate of drug-likeness (QED) is 0.177. The van der Waals surface area contributed by atoms with Gasteiger partial charge in [-0.05, 0) is 24.6 Å². The minimum absolute atomic E-state index is 0.0163. The van der Waals surface area contributed by atoms with E-state index in [1.807, 2.05) is 0 Å². The number of hydrogen-bond donors (Lipinski definition) is 0. The van der Waals surface area contributed by atoms with Gasteiger partial charge in [-0.2, -0.15) is 0 Å². The molecule has 2 unspecified atom stereocenters. The van der Waals surface area contributed by atoms with Crippen LogP contribution in [-0.4, -0.2) is 47.6 Å². The molecule has 0 radical (unpaired) electrons. The molecular formula is C21H19I3N2O2. The Bertz CT molecular complexity index is 980. The van der Waals surface area contributed by atoms with Crippen LogP contribution in [0.2, 0.25) is 0 Å². The second kappa shape index (κ2) is 5.47. The molecule has 4 fully saturated rings. The van der Waals surface area contributed by atoms with Crippen LogP contribution < -0.4 is 4.90 Å². The highest BCUT2D eigenvalue weighted by atomic mass is 127. The van der Waals surface area contributed by atoms with Crippen LogP contribution in [0.25, 0.3) is 0 Å². The lowest BCUT2D eigenvalue weighted by atomic mass is 9.53. The van der Waals surface area contributed by atoms with Crippen LogP contribution in [0.5, 0.6) is 0 Å². The van der Waals surface area contributed by atoms with Crippen LogP contribution in [0.1, 0.15) is 18.4 Å². The lowest BCUT2D eigenvalue weighted by Crippen LogP contribution is -2.79. The summed E-state index contributed by atoms with van der Waals surface area (Å²) in [6.07, 6.45) is 3.99. The summed E-state index contributed by atoms with van der Waals surface area (Å²) in [5, 5.41) is 0. The number of anilines is 1. The number of fused-ring (bicyclic) bond motifs is 2. The Morgan fingerprint density at radius 1 is 1.18 bits per heavy atom. The van der Waals surface area contributed by atoms with Crippen molar-refractivity contribution in [2.75, 3.05) is 24.6 Å². The normalized spacial score (nSPS) is 46.9. The van der Waals surface area contributed by atoms with Crippen LogP contribution in [0.4, 0.5) is 5.69 Å². The van der Waals surface area contributed by atoms with Crippen LogP contribution in [-0.2, 0) is 14.9 Å². The molecular weight excluding hydrogens is 693 g/mol. The zero-order valence-electron chi connectivity index (χ0n) is 15.1. The van der Waals surface area contributed by atoms with E-state index >= 15 is 0 Å². The van der Waals surface area contributed by atoms with E-state index in [2.05, 4.69) is 108 Å². The number of para-hydroxylation sites is 1. The summed E-state index contributed by atoms with van der Waals surface area (Å²) in [4.78, 5) is 18.5. The van der Waals surface area contributed by atoms with E-state index in [0.717, 1.165) is 25.2 Å². The molecule has 4 nitrogen and oxygen atoms in total. The first-order valence-electron chi connectivity index (χ1n) is 9.96. The van der Waals surface area contributed by atoms with E-state index in [9.17, 15) is 4.79 Å². The number of nitrogens with zero attached hydrogens (tertiary/aromatic N) is 2. The monoisotopic (exact) mass is 712 g/mol. The molecule has 1 aromatic rings. The van der Waals surface area contributed by atoms with Crippen LogP contribution in [0, 0.1) is 11.8 Å². The van der Waals surface area contributed by atoms with Crippen molar-refractivity contribution in [2.45, 2.75) is 35.4 Å². The number of halogens is 3. The Labute approximate surface area is 205 Å². The fraction of sp³-hybridized carbons (Fsp3) is 0.571. The molecule has 7 heteroatoms. The molecule has 6 aliphatic rings. The van der Waals surface area contributed by atoms with Crippen molar-refractivity contribution in [3.8, 4) is 0 Å². The standard InChI is InChI=1S/C21H19I3N2O2/c22-20(23)16-11-5-8-28-14-9-15(27)26-13-4-2-1-3-12(13)19(21(26,24)17(14)16)6-7-25(10-11)18(19)20/h1-5,14,16-18H,6-10H2/t14?,16-,17-,18-,19+,21?/m0/s1. The highest BCUT2D eigenvalue weighted by Crippen LogP contribution is 2.77. The maximum Gasteiger partial charge on any atom is 0.230 e. The molecule has 7 rings (SSSR count). The Morgan fingerprint density at radius 3 is 2.86 bits per heavy atom. The van der Waals surface area contributed by atoms with E-state index in [0.29, 0.717) is 30.9 Å². The molecule has 1 spiro atoms. The van der Waals surface area contributed by atoms with Gasteiger partial charge in [0.1, 0.15) is 3.55 Å². The van der Waals surface area contributed by atoms with Crippen molar-refractivity contribution in [3.63, 3.8) is 0 Å². The third-order valence-corrected chi connectivity index (χ3v) is 12.9. The van der Waals surface area contributed by atoms with Gasteiger partial charge in [-0.1, -0.05) is 97.6 Å². The summed E-state index contributed by atoms with van der Waals surface area (Å²) < 4.78 is 6.25. The third kappa shape index (κ3) is 1.71. The second-order valence-electron chi connectivity index (χ2n) is 9.05. The molecule has 5 aliphatic heterocycles. The number of carbonyl (C=O) groups is 1. The van der Waals surface area contributed by atoms with Gasteiger partial charge < -0.3 is 4.74 Å². The zero-order chi connectivity index (χ0) is 19.1. The molecule has 1 aliphatic carbocycles. The largest absolute Gasteiger partial charge is 0.373 e. The molecule has 1 saturated carbocycles. The smallest absolute Gasteiger partial charge is 0.230 e. The number of alkyl halides is 3. The van der Waals surface area contributed by atoms with Gasteiger partial charge >= 0.3 is 0 Å². The predicted molar refractivity (Wildman–Crippen MR) is 133 cm³/mol. The number of rotatable bonds is 0. The fourth-order valence-electron chi connectivity index (χ4n) is 7.59. The Balaban J connectivity index is 1.63. The predicted octanol–water partition coefficient (Wildman–Crippen LogP) is 4.03. The summed E-state index contributed by atoms with van der Waals surface area (Å²) >= 11 is 8.26. The first-order chi connectivity index (χ1) is 13.4. The van der Waals surface area contributed by atoms with E-state index in [1.165, 1.54) is 5.56 Å². The third-order valence-electron chi connectivity index (χ3n) is 8.25. The van der Waals surface area contributed by atoms with Gasteiger partial charge in [0.25, 0.3) is 0 Å². The Morgan fingerprint density at radius 2 is 2.00 bits per heavy atom. The molecule has 5 heterocycles.